The van der Waals surface area contributed by atoms with E-state index in [0.717, 1.165) is 42.7 Å². The Balaban J connectivity index is 1.32. The van der Waals surface area contributed by atoms with Crippen molar-refractivity contribution in [1.82, 2.24) is 15.0 Å². The second kappa shape index (κ2) is 7.90. The molecular formula is C23H27N3O5. The fraction of sp³-hybridized carbons (Fsp3) is 0.522. The standard InChI is InChI=1S/C23H27N3O5/c1-16-14-20(31-24-16)21(27)25-8-10-26(11-9-25)22(28)23(6-2-3-7-23)17-4-5-18-19(15-17)30-13-12-29-18/h4-5,14-15H,2-3,6-13H2,1H3. The van der Waals surface area contributed by atoms with Crippen LogP contribution in [0.1, 0.15) is 47.5 Å². The first kappa shape index (κ1) is 19.9. The number of carbonyl (C=O) groups is 2. The van der Waals surface area contributed by atoms with Crippen LogP contribution in [-0.2, 0) is 10.2 Å². The number of benzene rings is 1. The molecule has 1 aliphatic carbocycles. The zero-order chi connectivity index (χ0) is 21.4. The number of carbonyl (C=O) groups excluding carboxylic acids is 2. The van der Waals surface area contributed by atoms with Crippen molar-refractivity contribution >= 4 is 11.8 Å². The van der Waals surface area contributed by atoms with E-state index in [4.69, 9.17) is 14.0 Å². The maximum absolute atomic E-state index is 13.8. The van der Waals surface area contributed by atoms with Crippen LogP contribution in [0.15, 0.2) is 28.8 Å². The molecule has 0 radical (unpaired) electrons. The van der Waals surface area contributed by atoms with Crippen molar-refractivity contribution in [2.75, 3.05) is 39.4 Å². The summed E-state index contributed by atoms with van der Waals surface area (Å²) in [5.41, 5.74) is 1.17. The largest absolute Gasteiger partial charge is 0.486 e. The van der Waals surface area contributed by atoms with Crippen LogP contribution in [0.3, 0.4) is 0 Å². The van der Waals surface area contributed by atoms with Crippen molar-refractivity contribution in [2.45, 2.75) is 38.0 Å². The summed E-state index contributed by atoms with van der Waals surface area (Å²) in [6.07, 6.45) is 3.73. The lowest BCUT2D eigenvalue weighted by Crippen LogP contribution is -2.55. The maximum Gasteiger partial charge on any atom is 0.292 e. The minimum absolute atomic E-state index is 0.157. The lowest BCUT2D eigenvalue weighted by molar-refractivity contribution is -0.138. The molecule has 3 heterocycles. The van der Waals surface area contributed by atoms with Crippen molar-refractivity contribution in [1.29, 1.82) is 0 Å². The van der Waals surface area contributed by atoms with Crippen molar-refractivity contribution in [3.63, 3.8) is 0 Å². The Bertz CT molecular complexity index is 987. The Hall–Kier alpha value is -3.03. The summed E-state index contributed by atoms with van der Waals surface area (Å²) in [4.78, 5) is 30.0. The molecule has 2 aliphatic heterocycles. The van der Waals surface area contributed by atoms with Crippen LogP contribution in [0.25, 0.3) is 0 Å². The highest BCUT2D eigenvalue weighted by atomic mass is 16.6. The van der Waals surface area contributed by atoms with Gasteiger partial charge >= 0.3 is 0 Å². The number of hydrogen-bond donors (Lipinski definition) is 0. The second-order valence-electron chi connectivity index (χ2n) is 8.56. The average Bonchev–Trinajstić information content (AvgIpc) is 3.48. The normalized spacial score (nSPS) is 20.0. The van der Waals surface area contributed by atoms with Crippen molar-refractivity contribution in [3.8, 4) is 11.5 Å². The minimum Gasteiger partial charge on any atom is -0.486 e. The number of rotatable bonds is 3. The zero-order valence-corrected chi connectivity index (χ0v) is 17.8. The number of ether oxygens (including phenoxy) is 2. The fourth-order valence-corrected chi connectivity index (χ4v) is 4.98. The second-order valence-corrected chi connectivity index (χ2v) is 8.56. The van der Waals surface area contributed by atoms with Gasteiger partial charge in [-0.15, -0.1) is 0 Å². The molecule has 1 aromatic carbocycles. The third-order valence-electron chi connectivity index (χ3n) is 6.65. The van der Waals surface area contributed by atoms with Gasteiger partial charge in [-0.05, 0) is 37.5 Å². The van der Waals surface area contributed by atoms with Crippen LogP contribution >= 0.6 is 0 Å². The number of hydrogen-bond acceptors (Lipinski definition) is 6. The molecule has 1 saturated carbocycles. The number of fused-ring (bicyclic) bond motifs is 1. The third kappa shape index (κ3) is 3.54. The van der Waals surface area contributed by atoms with Gasteiger partial charge in [-0.1, -0.05) is 24.1 Å². The molecule has 0 unspecified atom stereocenters. The molecule has 2 fully saturated rings. The van der Waals surface area contributed by atoms with Crippen molar-refractivity contribution in [3.05, 3.63) is 41.3 Å². The molecule has 0 N–H and O–H groups in total. The quantitative estimate of drug-likeness (QED) is 0.751. The lowest BCUT2D eigenvalue weighted by Gasteiger charge is -2.40. The van der Waals surface area contributed by atoms with Crippen LogP contribution < -0.4 is 9.47 Å². The van der Waals surface area contributed by atoms with Crippen molar-refractivity contribution in [2.24, 2.45) is 0 Å². The first-order valence-electron chi connectivity index (χ1n) is 11.0. The Kier molecular flexibility index (Phi) is 5.08. The van der Waals surface area contributed by atoms with Crippen LogP contribution in [0, 0.1) is 6.92 Å². The minimum atomic E-state index is -0.524. The van der Waals surface area contributed by atoms with Crippen LogP contribution in [0.4, 0.5) is 0 Å². The van der Waals surface area contributed by atoms with E-state index in [1.54, 1.807) is 17.9 Å². The summed E-state index contributed by atoms with van der Waals surface area (Å²) in [7, 11) is 0. The predicted octanol–water partition coefficient (Wildman–Crippen LogP) is 2.55. The van der Waals surface area contributed by atoms with Crippen molar-refractivity contribution < 1.29 is 23.6 Å². The van der Waals surface area contributed by atoms with Gasteiger partial charge in [0.15, 0.2) is 11.5 Å². The van der Waals surface area contributed by atoms with Gasteiger partial charge in [0.2, 0.25) is 11.7 Å². The van der Waals surface area contributed by atoms with Gasteiger partial charge in [-0.25, -0.2) is 0 Å². The molecule has 8 nitrogen and oxygen atoms in total. The monoisotopic (exact) mass is 425 g/mol. The SMILES string of the molecule is Cc1cc(C(=O)N2CCN(C(=O)C3(c4ccc5c(c4)OCCO5)CCCC3)CC2)on1. The average molecular weight is 425 g/mol. The van der Waals surface area contributed by atoms with Gasteiger partial charge in [0, 0.05) is 32.2 Å². The fourth-order valence-electron chi connectivity index (χ4n) is 4.98. The highest BCUT2D eigenvalue weighted by molar-refractivity contribution is 5.92. The molecule has 2 amide bonds. The van der Waals surface area contributed by atoms with E-state index < -0.39 is 5.41 Å². The highest BCUT2D eigenvalue weighted by Gasteiger charge is 2.46. The molecule has 0 spiro atoms. The molecule has 5 rings (SSSR count). The smallest absolute Gasteiger partial charge is 0.292 e. The van der Waals surface area contributed by atoms with E-state index in [1.807, 2.05) is 23.1 Å². The molecule has 3 aliphatic rings. The summed E-state index contributed by atoms with van der Waals surface area (Å²) in [5, 5.41) is 3.80. The molecule has 164 valence electrons. The molecule has 1 aromatic heterocycles. The van der Waals surface area contributed by atoms with E-state index in [2.05, 4.69) is 5.16 Å². The Morgan fingerprint density at radius 2 is 1.61 bits per heavy atom. The zero-order valence-electron chi connectivity index (χ0n) is 17.8. The van der Waals surface area contributed by atoms with E-state index in [9.17, 15) is 9.59 Å². The molecule has 0 bridgehead atoms. The van der Waals surface area contributed by atoms with E-state index in [1.165, 1.54) is 0 Å². The van der Waals surface area contributed by atoms with Crippen LogP contribution in [-0.4, -0.2) is 66.2 Å². The maximum atomic E-state index is 13.8. The summed E-state index contributed by atoms with van der Waals surface area (Å²) in [6.45, 7) is 4.87. The summed E-state index contributed by atoms with van der Waals surface area (Å²) in [5.74, 6) is 1.70. The van der Waals surface area contributed by atoms with Gasteiger partial charge in [-0.2, -0.15) is 0 Å². The van der Waals surface area contributed by atoms with Gasteiger partial charge < -0.3 is 23.8 Å². The molecule has 31 heavy (non-hydrogen) atoms. The van der Waals surface area contributed by atoms with Gasteiger partial charge in [0.05, 0.1) is 11.1 Å². The molecule has 2 aromatic rings. The number of aromatic nitrogens is 1. The molecule has 0 atom stereocenters. The van der Waals surface area contributed by atoms with E-state index in [0.29, 0.717) is 45.1 Å². The first-order valence-corrected chi connectivity index (χ1v) is 11.0. The number of amides is 2. The predicted molar refractivity (Wildman–Crippen MR) is 111 cm³/mol. The molecular weight excluding hydrogens is 398 g/mol. The van der Waals surface area contributed by atoms with Gasteiger partial charge in [0.1, 0.15) is 13.2 Å². The molecule has 8 heteroatoms. The summed E-state index contributed by atoms with van der Waals surface area (Å²) in [6, 6.07) is 7.58. The van der Waals surface area contributed by atoms with Gasteiger partial charge in [-0.3, -0.25) is 9.59 Å². The Morgan fingerprint density at radius 3 is 2.29 bits per heavy atom. The molecule has 1 saturated heterocycles. The highest BCUT2D eigenvalue weighted by Crippen LogP contribution is 2.45. The van der Waals surface area contributed by atoms with Crippen LogP contribution in [0.2, 0.25) is 0 Å². The van der Waals surface area contributed by atoms with Crippen LogP contribution in [0.5, 0.6) is 11.5 Å². The topological polar surface area (TPSA) is 85.1 Å². The van der Waals surface area contributed by atoms with Gasteiger partial charge in [0.25, 0.3) is 5.91 Å². The number of nitrogens with zero attached hydrogens (tertiary/aromatic N) is 3. The number of aryl methyl sites for hydroxylation is 1. The first-order chi connectivity index (χ1) is 15.1. The van der Waals surface area contributed by atoms with E-state index in [-0.39, 0.29) is 17.6 Å². The number of piperazine rings is 1. The van der Waals surface area contributed by atoms with E-state index >= 15 is 0 Å². The lowest BCUT2D eigenvalue weighted by atomic mass is 9.77. The summed E-state index contributed by atoms with van der Waals surface area (Å²) >= 11 is 0. The Morgan fingerprint density at radius 1 is 0.935 bits per heavy atom. The summed E-state index contributed by atoms with van der Waals surface area (Å²) < 4.78 is 16.5. The Labute approximate surface area is 181 Å². The third-order valence-corrected chi connectivity index (χ3v) is 6.65.